The molecular formula is C10H22NO3S+. The number of thioether (sulfide) groups is 1. The molecule has 1 atom stereocenters. The Morgan fingerprint density at radius 2 is 2.07 bits per heavy atom. The maximum absolute atomic E-state index is 10.6. The Bertz CT molecular complexity index is 197. The van der Waals surface area contributed by atoms with Crippen molar-refractivity contribution in [1.29, 1.82) is 0 Å². The average molecular weight is 236 g/mol. The number of carboxylic acid groups (broad SMARTS) is 1. The van der Waals surface area contributed by atoms with Gasteiger partial charge in [-0.05, 0) is 12.2 Å². The third-order valence-electron chi connectivity index (χ3n) is 1.93. The molecule has 0 aromatic carbocycles. The number of hydrogen-bond acceptors (Lipinski definition) is 3. The number of carbonyl (C=O) groups is 1. The summed E-state index contributed by atoms with van der Waals surface area (Å²) in [5.74, 6) is 0.909. The van der Waals surface area contributed by atoms with Gasteiger partial charge < -0.3 is 14.7 Å². The van der Waals surface area contributed by atoms with E-state index in [1.165, 1.54) is 0 Å². The SMILES string of the molecule is CCCSCC(O)C[N+](C)(C)CC(=O)O. The highest BCUT2D eigenvalue weighted by Crippen LogP contribution is 2.08. The Balaban J connectivity index is 3.82. The zero-order valence-electron chi connectivity index (χ0n) is 9.77. The lowest BCUT2D eigenvalue weighted by molar-refractivity contribution is -0.885. The summed E-state index contributed by atoms with van der Waals surface area (Å²) in [4.78, 5) is 10.6. The number of aliphatic hydroxyl groups excluding tert-OH is 1. The van der Waals surface area contributed by atoms with Crippen molar-refractivity contribution < 1.29 is 19.5 Å². The molecule has 0 aliphatic carbocycles. The lowest BCUT2D eigenvalue weighted by Crippen LogP contribution is -2.49. The number of quaternary nitrogens is 1. The van der Waals surface area contributed by atoms with Gasteiger partial charge in [-0.15, -0.1) is 0 Å². The van der Waals surface area contributed by atoms with Crippen LogP contribution in [0.4, 0.5) is 0 Å². The topological polar surface area (TPSA) is 57.5 Å². The number of nitrogens with zero attached hydrogens (tertiary/aromatic N) is 1. The molecule has 0 aromatic heterocycles. The van der Waals surface area contributed by atoms with Crippen molar-refractivity contribution in [2.24, 2.45) is 0 Å². The van der Waals surface area contributed by atoms with Crippen LogP contribution in [0.5, 0.6) is 0 Å². The number of rotatable bonds is 8. The van der Waals surface area contributed by atoms with Gasteiger partial charge in [0.2, 0.25) is 0 Å². The summed E-state index contributed by atoms with van der Waals surface area (Å²) in [5, 5.41) is 18.4. The molecule has 0 aliphatic rings. The smallest absolute Gasteiger partial charge is 0.359 e. The van der Waals surface area contributed by atoms with Gasteiger partial charge in [0.25, 0.3) is 0 Å². The molecule has 4 nitrogen and oxygen atoms in total. The van der Waals surface area contributed by atoms with Crippen LogP contribution in [-0.4, -0.2) is 65.5 Å². The second kappa shape index (κ2) is 7.09. The molecule has 90 valence electrons. The van der Waals surface area contributed by atoms with Crippen molar-refractivity contribution in [2.45, 2.75) is 19.4 Å². The third-order valence-corrected chi connectivity index (χ3v) is 3.24. The normalized spacial score (nSPS) is 13.9. The zero-order valence-corrected chi connectivity index (χ0v) is 10.6. The molecule has 0 radical (unpaired) electrons. The molecule has 0 fully saturated rings. The fourth-order valence-corrected chi connectivity index (χ4v) is 2.25. The summed E-state index contributed by atoms with van der Waals surface area (Å²) in [7, 11) is 3.64. The molecule has 0 aromatic rings. The predicted octanol–water partition coefficient (Wildman–Crippen LogP) is 0.651. The highest BCUT2D eigenvalue weighted by Gasteiger charge is 2.23. The predicted molar refractivity (Wildman–Crippen MR) is 63.1 cm³/mol. The summed E-state index contributed by atoms with van der Waals surface area (Å²) < 4.78 is 0.323. The molecule has 0 aliphatic heterocycles. The molecule has 5 heteroatoms. The van der Waals surface area contributed by atoms with E-state index in [4.69, 9.17) is 5.11 Å². The molecule has 0 rings (SSSR count). The first-order chi connectivity index (χ1) is 6.87. The van der Waals surface area contributed by atoms with Crippen molar-refractivity contribution in [1.82, 2.24) is 0 Å². The van der Waals surface area contributed by atoms with Crippen molar-refractivity contribution >= 4 is 17.7 Å². The van der Waals surface area contributed by atoms with E-state index in [9.17, 15) is 9.90 Å². The van der Waals surface area contributed by atoms with Crippen molar-refractivity contribution in [3.63, 3.8) is 0 Å². The molecule has 15 heavy (non-hydrogen) atoms. The van der Waals surface area contributed by atoms with Crippen LogP contribution in [0.25, 0.3) is 0 Å². The Kier molecular flexibility index (Phi) is 6.96. The van der Waals surface area contributed by atoms with E-state index in [2.05, 4.69) is 6.92 Å². The van der Waals surface area contributed by atoms with E-state index in [-0.39, 0.29) is 6.54 Å². The zero-order chi connectivity index (χ0) is 11.9. The van der Waals surface area contributed by atoms with Gasteiger partial charge >= 0.3 is 5.97 Å². The van der Waals surface area contributed by atoms with Gasteiger partial charge in [0.15, 0.2) is 6.54 Å². The van der Waals surface area contributed by atoms with E-state index in [0.717, 1.165) is 12.2 Å². The van der Waals surface area contributed by atoms with Gasteiger partial charge in [-0.25, -0.2) is 4.79 Å². The van der Waals surface area contributed by atoms with Crippen molar-refractivity contribution in [3.8, 4) is 0 Å². The minimum Gasteiger partial charge on any atom is -0.477 e. The van der Waals surface area contributed by atoms with E-state index in [1.54, 1.807) is 11.8 Å². The first-order valence-corrected chi connectivity index (χ1v) is 6.32. The van der Waals surface area contributed by atoms with Gasteiger partial charge in [0.05, 0.1) is 14.1 Å². The summed E-state index contributed by atoms with van der Waals surface area (Å²) in [6, 6.07) is 0. The van der Waals surface area contributed by atoms with Crippen LogP contribution in [-0.2, 0) is 4.79 Å². The number of aliphatic carboxylic acids is 1. The maximum Gasteiger partial charge on any atom is 0.359 e. The molecular weight excluding hydrogens is 214 g/mol. The van der Waals surface area contributed by atoms with Crippen molar-refractivity contribution in [3.05, 3.63) is 0 Å². The number of likely N-dealkylation sites (N-methyl/N-ethyl adjacent to an activating group) is 1. The highest BCUT2D eigenvalue weighted by molar-refractivity contribution is 7.99. The highest BCUT2D eigenvalue weighted by atomic mass is 32.2. The Hall–Kier alpha value is -0.260. The molecule has 0 spiro atoms. The van der Waals surface area contributed by atoms with E-state index >= 15 is 0 Å². The van der Waals surface area contributed by atoms with Crippen LogP contribution in [0.15, 0.2) is 0 Å². The summed E-state index contributed by atoms with van der Waals surface area (Å²) in [5.41, 5.74) is 0. The number of carboxylic acids is 1. The van der Waals surface area contributed by atoms with Crippen LogP contribution in [0.3, 0.4) is 0 Å². The Labute approximate surface area is 95.9 Å². The summed E-state index contributed by atoms with van der Waals surface area (Å²) in [6.45, 7) is 2.64. The Morgan fingerprint density at radius 1 is 1.47 bits per heavy atom. The van der Waals surface area contributed by atoms with Gasteiger partial charge in [-0.2, -0.15) is 11.8 Å². The standard InChI is InChI=1S/C10H21NO3S/c1-4-5-15-8-9(12)6-11(2,3)7-10(13)14/h9,12H,4-8H2,1-3H3/p+1. The summed E-state index contributed by atoms with van der Waals surface area (Å²) >= 11 is 1.71. The van der Waals surface area contributed by atoms with Crippen LogP contribution in [0.2, 0.25) is 0 Å². The summed E-state index contributed by atoms with van der Waals surface area (Å²) in [6.07, 6.45) is 0.681. The molecule has 0 saturated carbocycles. The second-order valence-corrected chi connectivity index (χ2v) is 5.55. The second-order valence-electron chi connectivity index (χ2n) is 4.40. The molecule has 0 heterocycles. The van der Waals surface area contributed by atoms with E-state index in [0.29, 0.717) is 16.8 Å². The molecule has 1 unspecified atom stereocenters. The number of aliphatic hydroxyl groups is 1. The average Bonchev–Trinajstić information content (AvgIpc) is 2.00. The van der Waals surface area contributed by atoms with Gasteiger partial charge in [0, 0.05) is 5.75 Å². The Morgan fingerprint density at radius 3 is 2.53 bits per heavy atom. The quantitative estimate of drug-likeness (QED) is 0.480. The van der Waals surface area contributed by atoms with Gasteiger partial charge in [0.1, 0.15) is 12.6 Å². The first kappa shape index (κ1) is 14.7. The number of hydrogen-bond donors (Lipinski definition) is 2. The van der Waals surface area contributed by atoms with Gasteiger partial charge in [-0.3, -0.25) is 0 Å². The minimum atomic E-state index is -0.826. The molecule has 0 amide bonds. The third kappa shape index (κ3) is 8.72. The largest absolute Gasteiger partial charge is 0.477 e. The first-order valence-electron chi connectivity index (χ1n) is 5.17. The maximum atomic E-state index is 10.6. The van der Waals surface area contributed by atoms with Crippen LogP contribution < -0.4 is 0 Å². The fraction of sp³-hybridized carbons (Fsp3) is 0.900. The monoisotopic (exact) mass is 236 g/mol. The minimum absolute atomic E-state index is 0.0511. The fourth-order valence-electron chi connectivity index (χ4n) is 1.42. The molecule has 2 N–H and O–H groups in total. The molecule has 0 saturated heterocycles. The van der Waals surface area contributed by atoms with Crippen molar-refractivity contribution in [2.75, 3.05) is 38.7 Å². The lowest BCUT2D eigenvalue weighted by Gasteiger charge is -2.29. The van der Waals surface area contributed by atoms with Crippen LogP contribution in [0.1, 0.15) is 13.3 Å². The van der Waals surface area contributed by atoms with Gasteiger partial charge in [-0.1, -0.05) is 6.92 Å². The van der Waals surface area contributed by atoms with E-state index < -0.39 is 12.1 Å². The molecule has 0 bridgehead atoms. The lowest BCUT2D eigenvalue weighted by atomic mass is 10.3. The van der Waals surface area contributed by atoms with Crippen LogP contribution in [0, 0.1) is 0 Å². The van der Waals surface area contributed by atoms with Crippen LogP contribution >= 0.6 is 11.8 Å². The van der Waals surface area contributed by atoms with E-state index in [1.807, 2.05) is 14.1 Å².